The molecule has 2 aliphatic heterocycles. The van der Waals surface area contributed by atoms with E-state index in [-0.39, 0.29) is 23.5 Å². The summed E-state index contributed by atoms with van der Waals surface area (Å²) in [5, 5.41) is 4.68. The molecule has 1 atom stereocenters. The summed E-state index contributed by atoms with van der Waals surface area (Å²) in [4.78, 5) is 17.7. The van der Waals surface area contributed by atoms with Gasteiger partial charge in [0.15, 0.2) is 15.5 Å². The Balaban J connectivity index is 1.39. The number of carbonyl (C=O) groups excluding carboxylic acids is 1. The normalized spacial score (nSPS) is 19.8. The van der Waals surface area contributed by atoms with E-state index in [0.717, 1.165) is 29.9 Å². The topological polar surface area (TPSA) is 75.5 Å². The third kappa shape index (κ3) is 4.72. The second-order valence-corrected chi connectivity index (χ2v) is 12.0. The molecular formula is C27H32N4O3S. The summed E-state index contributed by atoms with van der Waals surface area (Å²) in [5.41, 5.74) is 7.02. The quantitative estimate of drug-likeness (QED) is 0.554. The van der Waals surface area contributed by atoms with Crippen molar-refractivity contribution in [1.29, 1.82) is 0 Å². The van der Waals surface area contributed by atoms with Gasteiger partial charge >= 0.3 is 0 Å². The molecule has 184 valence electrons. The molecule has 8 heteroatoms. The zero-order valence-corrected chi connectivity index (χ0v) is 21.4. The fraction of sp³-hybridized carbons (Fsp3) is 0.407. The minimum absolute atomic E-state index is 0.0652. The van der Waals surface area contributed by atoms with E-state index < -0.39 is 9.84 Å². The lowest BCUT2D eigenvalue weighted by Crippen LogP contribution is -2.49. The maximum atomic E-state index is 13.5. The summed E-state index contributed by atoms with van der Waals surface area (Å²) in [6.45, 7) is 9.07. The second kappa shape index (κ2) is 9.15. The predicted octanol–water partition coefficient (Wildman–Crippen LogP) is 3.80. The summed E-state index contributed by atoms with van der Waals surface area (Å²) in [5.74, 6) is 0.128. The van der Waals surface area contributed by atoms with E-state index in [0.29, 0.717) is 25.2 Å². The fourth-order valence-electron chi connectivity index (χ4n) is 5.08. The highest BCUT2D eigenvalue weighted by atomic mass is 32.2. The first-order valence-electron chi connectivity index (χ1n) is 12.2. The first-order valence-corrected chi connectivity index (χ1v) is 14.0. The monoisotopic (exact) mass is 492 g/mol. The van der Waals surface area contributed by atoms with Crippen molar-refractivity contribution in [2.24, 2.45) is 0 Å². The van der Waals surface area contributed by atoms with Crippen LogP contribution in [0.15, 0.2) is 48.5 Å². The van der Waals surface area contributed by atoms with Crippen LogP contribution in [0.25, 0.3) is 11.3 Å². The largest absolute Gasteiger partial charge is 0.368 e. The molecule has 2 aromatic carbocycles. The summed E-state index contributed by atoms with van der Waals surface area (Å²) in [6.07, 6.45) is 0.519. The molecule has 7 nitrogen and oxygen atoms in total. The van der Waals surface area contributed by atoms with E-state index in [1.165, 1.54) is 16.8 Å². The third-order valence-corrected chi connectivity index (χ3v) is 9.09. The maximum absolute atomic E-state index is 13.5. The van der Waals surface area contributed by atoms with E-state index >= 15 is 0 Å². The molecule has 2 aliphatic rings. The van der Waals surface area contributed by atoms with Gasteiger partial charge in [0, 0.05) is 31.9 Å². The minimum atomic E-state index is -3.08. The van der Waals surface area contributed by atoms with Crippen LogP contribution in [0.5, 0.6) is 0 Å². The van der Waals surface area contributed by atoms with E-state index in [1.807, 2.05) is 42.2 Å². The van der Waals surface area contributed by atoms with Crippen molar-refractivity contribution in [3.8, 4) is 11.3 Å². The number of benzene rings is 2. The van der Waals surface area contributed by atoms with E-state index in [9.17, 15) is 13.2 Å². The maximum Gasteiger partial charge on any atom is 0.274 e. The number of nitrogens with zero attached hydrogens (tertiary/aromatic N) is 4. The van der Waals surface area contributed by atoms with Crippen molar-refractivity contribution in [1.82, 2.24) is 14.7 Å². The van der Waals surface area contributed by atoms with Crippen molar-refractivity contribution in [3.63, 3.8) is 0 Å². The van der Waals surface area contributed by atoms with Crippen molar-refractivity contribution in [2.45, 2.75) is 33.2 Å². The molecule has 2 saturated heterocycles. The Hall–Kier alpha value is -3.13. The Morgan fingerprint density at radius 2 is 1.69 bits per heavy atom. The van der Waals surface area contributed by atoms with Gasteiger partial charge < -0.3 is 9.80 Å². The Kier molecular flexibility index (Phi) is 6.17. The van der Waals surface area contributed by atoms with Gasteiger partial charge in [-0.25, -0.2) is 8.42 Å². The fourth-order valence-corrected chi connectivity index (χ4v) is 6.77. The smallest absolute Gasteiger partial charge is 0.274 e. The summed E-state index contributed by atoms with van der Waals surface area (Å²) in [6, 6.07) is 16.0. The van der Waals surface area contributed by atoms with Gasteiger partial charge in [0.25, 0.3) is 5.91 Å². The molecule has 2 fully saturated rings. The average molecular weight is 493 g/mol. The molecule has 0 saturated carbocycles. The Morgan fingerprint density at radius 3 is 2.34 bits per heavy atom. The molecule has 0 spiro atoms. The SMILES string of the molecule is Cc1ccc(-c2cc(C(=O)N3CCN(c4cccc(C)c4C)CC3)nn2[C@@H]2CCS(=O)(=O)C2)cc1. The van der Waals surface area contributed by atoms with Crippen LogP contribution in [-0.2, 0) is 9.84 Å². The van der Waals surface area contributed by atoms with Crippen LogP contribution >= 0.6 is 0 Å². The van der Waals surface area contributed by atoms with Crippen molar-refractivity contribution in [2.75, 3.05) is 42.6 Å². The van der Waals surface area contributed by atoms with E-state index in [4.69, 9.17) is 0 Å². The molecule has 0 unspecified atom stereocenters. The Bertz CT molecular complexity index is 1350. The first kappa shape index (κ1) is 23.6. The zero-order valence-electron chi connectivity index (χ0n) is 20.6. The van der Waals surface area contributed by atoms with Crippen LogP contribution in [0.2, 0.25) is 0 Å². The number of hydrogen-bond donors (Lipinski definition) is 0. The van der Waals surface area contributed by atoms with Gasteiger partial charge in [0.1, 0.15) is 0 Å². The number of aryl methyl sites for hydroxylation is 2. The van der Waals surface area contributed by atoms with Gasteiger partial charge in [-0.2, -0.15) is 5.10 Å². The van der Waals surface area contributed by atoms with Crippen LogP contribution in [0.3, 0.4) is 0 Å². The lowest BCUT2D eigenvalue weighted by atomic mass is 10.1. The number of rotatable bonds is 4. The van der Waals surface area contributed by atoms with Gasteiger partial charge in [0.2, 0.25) is 0 Å². The van der Waals surface area contributed by atoms with Crippen LogP contribution in [0.1, 0.15) is 39.6 Å². The average Bonchev–Trinajstić information content (AvgIpc) is 3.44. The molecule has 0 N–H and O–H groups in total. The minimum Gasteiger partial charge on any atom is -0.368 e. The lowest BCUT2D eigenvalue weighted by Gasteiger charge is -2.36. The van der Waals surface area contributed by atoms with Gasteiger partial charge in [0.05, 0.1) is 23.2 Å². The van der Waals surface area contributed by atoms with Crippen molar-refractivity contribution >= 4 is 21.4 Å². The van der Waals surface area contributed by atoms with Crippen LogP contribution in [-0.4, -0.2) is 66.7 Å². The predicted molar refractivity (Wildman–Crippen MR) is 139 cm³/mol. The number of anilines is 1. The highest BCUT2D eigenvalue weighted by molar-refractivity contribution is 7.91. The molecule has 1 amide bonds. The highest BCUT2D eigenvalue weighted by Gasteiger charge is 2.33. The Labute approximate surface area is 207 Å². The van der Waals surface area contributed by atoms with Gasteiger partial charge in [-0.1, -0.05) is 42.0 Å². The van der Waals surface area contributed by atoms with Crippen molar-refractivity contribution < 1.29 is 13.2 Å². The Morgan fingerprint density at radius 1 is 0.971 bits per heavy atom. The number of aromatic nitrogens is 2. The molecular weight excluding hydrogens is 460 g/mol. The molecule has 0 radical (unpaired) electrons. The summed E-state index contributed by atoms with van der Waals surface area (Å²) in [7, 11) is -3.08. The third-order valence-electron chi connectivity index (χ3n) is 7.34. The number of hydrogen-bond acceptors (Lipinski definition) is 5. The molecule has 3 heterocycles. The zero-order chi connectivity index (χ0) is 24.7. The molecule has 5 rings (SSSR count). The molecule has 0 aliphatic carbocycles. The first-order chi connectivity index (χ1) is 16.7. The highest BCUT2D eigenvalue weighted by Crippen LogP contribution is 2.31. The molecule has 35 heavy (non-hydrogen) atoms. The van der Waals surface area contributed by atoms with Crippen LogP contribution in [0, 0.1) is 20.8 Å². The van der Waals surface area contributed by atoms with Gasteiger partial charge in [-0.05, 0) is 56.0 Å². The molecule has 3 aromatic rings. The standard InChI is InChI=1S/C27H32N4O3S/c1-19-7-9-22(10-8-19)26-17-24(28-31(26)23-11-16-35(33,34)18-23)27(32)30-14-12-29(13-15-30)25-6-4-5-20(2)21(25)3/h4-10,17,23H,11-16,18H2,1-3H3/t23-/m1/s1. The van der Waals surface area contributed by atoms with E-state index in [1.54, 1.807) is 4.68 Å². The van der Waals surface area contributed by atoms with Crippen molar-refractivity contribution in [3.05, 3.63) is 70.9 Å². The van der Waals surface area contributed by atoms with Gasteiger partial charge in [-0.15, -0.1) is 0 Å². The number of sulfone groups is 1. The number of piperazine rings is 1. The lowest BCUT2D eigenvalue weighted by molar-refractivity contribution is 0.0739. The number of carbonyl (C=O) groups is 1. The number of amides is 1. The molecule has 0 bridgehead atoms. The molecule has 1 aromatic heterocycles. The van der Waals surface area contributed by atoms with Crippen LogP contribution < -0.4 is 4.90 Å². The second-order valence-electron chi connectivity index (χ2n) is 9.78. The van der Waals surface area contributed by atoms with E-state index in [2.05, 4.69) is 42.0 Å². The van der Waals surface area contributed by atoms with Gasteiger partial charge in [-0.3, -0.25) is 9.48 Å². The summed E-state index contributed by atoms with van der Waals surface area (Å²) >= 11 is 0. The van der Waals surface area contributed by atoms with Crippen LogP contribution in [0.4, 0.5) is 5.69 Å². The summed E-state index contributed by atoms with van der Waals surface area (Å²) < 4.78 is 26.1.